The number of aryl methyl sites for hydroxylation is 2. The molecule has 3 aromatic rings. The minimum absolute atomic E-state index is 0.0231. The lowest BCUT2D eigenvalue weighted by molar-refractivity contribution is 0.0728. The number of hydrogen-bond acceptors (Lipinski definition) is 4. The van der Waals surface area contributed by atoms with Crippen molar-refractivity contribution in [2.24, 2.45) is 13.0 Å². The van der Waals surface area contributed by atoms with Gasteiger partial charge in [-0.3, -0.25) is 4.79 Å². The molecule has 1 aromatic carbocycles. The molecule has 0 N–H and O–H groups in total. The molecule has 1 amide bonds. The van der Waals surface area contributed by atoms with Crippen LogP contribution in [0.3, 0.4) is 0 Å². The molecule has 0 unspecified atom stereocenters. The number of aromatic nitrogens is 3. The van der Waals surface area contributed by atoms with E-state index in [1.54, 1.807) is 6.33 Å². The quantitative estimate of drug-likeness (QED) is 0.722. The zero-order valence-electron chi connectivity index (χ0n) is 15.5. The molecule has 0 atom stereocenters. The van der Waals surface area contributed by atoms with Crippen LogP contribution in [0, 0.1) is 5.92 Å². The van der Waals surface area contributed by atoms with Crippen molar-refractivity contribution in [1.82, 2.24) is 19.4 Å². The maximum Gasteiger partial charge on any atom is 0.254 e. The van der Waals surface area contributed by atoms with Crippen LogP contribution in [0.5, 0.6) is 0 Å². The molecule has 0 saturated carbocycles. The van der Waals surface area contributed by atoms with E-state index in [9.17, 15) is 4.79 Å². The number of carbonyl (C=O) groups is 1. The van der Waals surface area contributed by atoms with Crippen molar-refractivity contribution in [3.63, 3.8) is 0 Å². The van der Waals surface area contributed by atoms with Crippen LogP contribution in [-0.2, 0) is 26.4 Å². The van der Waals surface area contributed by atoms with Crippen LogP contribution in [0.1, 0.15) is 48.0 Å². The van der Waals surface area contributed by atoms with Crippen LogP contribution in [-0.4, -0.2) is 31.9 Å². The summed E-state index contributed by atoms with van der Waals surface area (Å²) < 4.78 is 7.84. The standard InChI is InChI=1S/C20H24N4O2/c1-13(2)4-7-19-22-16-11-24(9-8-18(16)26-19)20(25)14-5-6-17-15(10-14)21-12-23(17)3/h5-6,10,12-13H,4,7-9,11H2,1-3H3. The Labute approximate surface area is 152 Å². The molecule has 6 nitrogen and oxygen atoms in total. The summed E-state index contributed by atoms with van der Waals surface area (Å²) in [5.41, 5.74) is 3.44. The predicted octanol–water partition coefficient (Wildman–Crippen LogP) is 3.35. The Hall–Kier alpha value is -2.63. The fourth-order valence-electron chi connectivity index (χ4n) is 3.40. The Kier molecular flexibility index (Phi) is 4.26. The Morgan fingerprint density at radius 1 is 1.35 bits per heavy atom. The Morgan fingerprint density at radius 2 is 2.19 bits per heavy atom. The Balaban J connectivity index is 1.51. The summed E-state index contributed by atoms with van der Waals surface area (Å²) in [5.74, 6) is 2.38. The van der Waals surface area contributed by atoms with E-state index in [1.807, 2.05) is 34.7 Å². The van der Waals surface area contributed by atoms with Crippen molar-refractivity contribution in [3.8, 4) is 0 Å². The lowest BCUT2D eigenvalue weighted by Gasteiger charge is -2.25. The number of rotatable bonds is 4. The van der Waals surface area contributed by atoms with Gasteiger partial charge in [-0.05, 0) is 30.5 Å². The first kappa shape index (κ1) is 16.8. The third-order valence-corrected chi connectivity index (χ3v) is 4.97. The van der Waals surface area contributed by atoms with Gasteiger partial charge in [0.05, 0.1) is 23.9 Å². The zero-order chi connectivity index (χ0) is 18.3. The summed E-state index contributed by atoms with van der Waals surface area (Å²) in [7, 11) is 1.95. The molecular formula is C20H24N4O2. The highest BCUT2D eigenvalue weighted by Crippen LogP contribution is 2.23. The topological polar surface area (TPSA) is 64.2 Å². The molecule has 6 heteroatoms. The van der Waals surface area contributed by atoms with Gasteiger partial charge >= 0.3 is 0 Å². The average molecular weight is 352 g/mol. The molecule has 4 rings (SSSR count). The van der Waals surface area contributed by atoms with Gasteiger partial charge in [0.15, 0.2) is 5.89 Å². The highest BCUT2D eigenvalue weighted by molar-refractivity contribution is 5.97. The number of hydrogen-bond donors (Lipinski definition) is 0. The molecule has 26 heavy (non-hydrogen) atoms. The van der Waals surface area contributed by atoms with E-state index in [4.69, 9.17) is 4.42 Å². The molecule has 1 aliphatic heterocycles. The maximum atomic E-state index is 12.9. The lowest BCUT2D eigenvalue weighted by Crippen LogP contribution is -2.35. The van der Waals surface area contributed by atoms with Crippen LogP contribution >= 0.6 is 0 Å². The fraction of sp³-hybridized carbons (Fsp3) is 0.450. The molecule has 0 fully saturated rings. The molecule has 0 radical (unpaired) electrons. The molecule has 3 heterocycles. The molecule has 0 aliphatic carbocycles. The van der Waals surface area contributed by atoms with Crippen LogP contribution in [0.4, 0.5) is 0 Å². The first-order valence-electron chi connectivity index (χ1n) is 9.19. The second kappa shape index (κ2) is 6.59. The van der Waals surface area contributed by atoms with Crippen molar-refractivity contribution in [2.45, 2.75) is 39.7 Å². The average Bonchev–Trinajstić information content (AvgIpc) is 3.21. The van der Waals surface area contributed by atoms with Crippen LogP contribution in [0.15, 0.2) is 28.9 Å². The normalized spacial score (nSPS) is 14.2. The van der Waals surface area contributed by atoms with E-state index >= 15 is 0 Å². The van der Waals surface area contributed by atoms with Crippen molar-refractivity contribution >= 4 is 16.9 Å². The third-order valence-electron chi connectivity index (χ3n) is 4.97. The second-order valence-electron chi connectivity index (χ2n) is 7.45. The smallest absolute Gasteiger partial charge is 0.254 e. The molecule has 1 aliphatic rings. The lowest BCUT2D eigenvalue weighted by atomic mass is 10.1. The van der Waals surface area contributed by atoms with Crippen molar-refractivity contribution in [2.75, 3.05) is 6.54 Å². The summed E-state index contributed by atoms with van der Waals surface area (Å²) in [4.78, 5) is 23.7. The van der Waals surface area contributed by atoms with Gasteiger partial charge < -0.3 is 13.9 Å². The second-order valence-corrected chi connectivity index (χ2v) is 7.45. The number of fused-ring (bicyclic) bond motifs is 2. The van der Waals surface area contributed by atoms with Crippen molar-refractivity contribution in [3.05, 3.63) is 47.4 Å². The third kappa shape index (κ3) is 3.11. The number of amides is 1. The Bertz CT molecular complexity index is 954. The largest absolute Gasteiger partial charge is 0.445 e. The molecule has 0 spiro atoms. The highest BCUT2D eigenvalue weighted by Gasteiger charge is 2.26. The molecule has 0 bridgehead atoms. The summed E-state index contributed by atoms with van der Waals surface area (Å²) >= 11 is 0. The van der Waals surface area contributed by atoms with E-state index in [-0.39, 0.29) is 5.91 Å². The monoisotopic (exact) mass is 352 g/mol. The van der Waals surface area contributed by atoms with Gasteiger partial charge in [0, 0.05) is 32.0 Å². The van der Waals surface area contributed by atoms with Gasteiger partial charge in [-0.15, -0.1) is 0 Å². The number of nitrogens with zero attached hydrogens (tertiary/aromatic N) is 4. The summed E-state index contributed by atoms with van der Waals surface area (Å²) in [6, 6.07) is 5.69. The number of imidazole rings is 1. The first-order chi connectivity index (χ1) is 12.5. The maximum absolute atomic E-state index is 12.9. The molecule has 136 valence electrons. The van der Waals surface area contributed by atoms with Gasteiger partial charge in [-0.25, -0.2) is 9.97 Å². The first-order valence-corrected chi connectivity index (χ1v) is 9.19. The molecule has 2 aromatic heterocycles. The van der Waals surface area contributed by atoms with Gasteiger partial charge in [0.25, 0.3) is 5.91 Å². The van der Waals surface area contributed by atoms with Gasteiger partial charge in [-0.1, -0.05) is 13.8 Å². The summed E-state index contributed by atoms with van der Waals surface area (Å²) in [6.45, 7) is 5.56. The van der Waals surface area contributed by atoms with E-state index in [2.05, 4.69) is 23.8 Å². The van der Waals surface area contributed by atoms with Gasteiger partial charge in [0.1, 0.15) is 11.5 Å². The summed E-state index contributed by atoms with van der Waals surface area (Å²) in [5, 5.41) is 0. The van der Waals surface area contributed by atoms with Gasteiger partial charge in [-0.2, -0.15) is 0 Å². The number of carbonyl (C=O) groups excluding carboxylic acids is 1. The van der Waals surface area contributed by atoms with Crippen molar-refractivity contribution in [1.29, 1.82) is 0 Å². The number of benzene rings is 1. The van der Waals surface area contributed by atoms with E-state index < -0.39 is 0 Å². The predicted molar refractivity (Wildman–Crippen MR) is 98.8 cm³/mol. The molecule has 0 saturated heterocycles. The van der Waals surface area contributed by atoms with E-state index in [1.165, 1.54) is 0 Å². The van der Waals surface area contributed by atoms with E-state index in [0.717, 1.165) is 47.6 Å². The SMILES string of the molecule is CC(C)CCc1nc2c(o1)CCN(C(=O)c1ccc3c(c1)ncn3C)C2. The molecular weight excluding hydrogens is 328 g/mol. The zero-order valence-corrected chi connectivity index (χ0v) is 15.5. The number of oxazole rings is 1. The van der Waals surface area contributed by atoms with Crippen LogP contribution < -0.4 is 0 Å². The van der Waals surface area contributed by atoms with Gasteiger partial charge in [0.2, 0.25) is 0 Å². The van der Waals surface area contributed by atoms with Crippen molar-refractivity contribution < 1.29 is 9.21 Å². The van der Waals surface area contributed by atoms with Crippen LogP contribution in [0.2, 0.25) is 0 Å². The Morgan fingerprint density at radius 3 is 3.00 bits per heavy atom. The van der Waals surface area contributed by atoms with E-state index in [0.29, 0.717) is 24.6 Å². The fourth-order valence-corrected chi connectivity index (χ4v) is 3.40. The summed E-state index contributed by atoms with van der Waals surface area (Å²) in [6.07, 6.45) is 4.41. The van der Waals surface area contributed by atoms with Crippen LogP contribution in [0.25, 0.3) is 11.0 Å². The highest BCUT2D eigenvalue weighted by atomic mass is 16.4. The minimum atomic E-state index is 0.0231. The minimum Gasteiger partial charge on any atom is -0.445 e.